The molecule has 3 amide bonds. The van der Waals surface area contributed by atoms with Crippen molar-refractivity contribution in [1.82, 2.24) is 15.5 Å². The van der Waals surface area contributed by atoms with Gasteiger partial charge in [-0.2, -0.15) is 0 Å². The molecule has 208 valence electrons. The minimum absolute atomic E-state index is 0.00308. The highest BCUT2D eigenvalue weighted by atomic mass is 32.1. The topological polar surface area (TPSA) is 138 Å². The van der Waals surface area contributed by atoms with E-state index in [1.807, 2.05) is 66.7 Å². The van der Waals surface area contributed by atoms with Crippen LogP contribution in [-0.2, 0) is 20.9 Å². The van der Waals surface area contributed by atoms with E-state index in [4.69, 9.17) is 15.9 Å². The average Bonchev–Trinajstić information content (AvgIpc) is 3.66. The van der Waals surface area contributed by atoms with E-state index in [0.29, 0.717) is 24.3 Å². The molecule has 2 atom stereocenters. The lowest BCUT2D eigenvalue weighted by Gasteiger charge is -2.33. The Morgan fingerprint density at radius 2 is 1.73 bits per heavy atom. The summed E-state index contributed by atoms with van der Waals surface area (Å²) < 4.78 is 5.20. The van der Waals surface area contributed by atoms with Gasteiger partial charge in [-0.25, -0.2) is 4.79 Å². The maximum atomic E-state index is 14.2. The Labute approximate surface area is 237 Å². The second-order valence-electron chi connectivity index (χ2n) is 9.40. The number of hydrogen-bond donors (Lipinski definition) is 4. The van der Waals surface area contributed by atoms with Gasteiger partial charge in [0.1, 0.15) is 24.5 Å². The molecule has 0 spiro atoms. The number of carbonyl (C=O) groups is 3. The van der Waals surface area contributed by atoms with Crippen LogP contribution in [0, 0.1) is 5.41 Å². The Balaban J connectivity index is 1.60. The number of rotatable bonds is 11. The monoisotopic (exact) mass is 559 g/mol. The van der Waals surface area contributed by atoms with Crippen molar-refractivity contribution < 1.29 is 19.1 Å². The predicted octanol–water partition coefficient (Wildman–Crippen LogP) is 3.75. The van der Waals surface area contributed by atoms with Crippen molar-refractivity contribution in [3.8, 4) is 0 Å². The Morgan fingerprint density at radius 3 is 2.30 bits per heavy atom. The molecule has 0 radical (unpaired) electrons. The van der Waals surface area contributed by atoms with Crippen molar-refractivity contribution in [2.75, 3.05) is 13.2 Å². The first-order chi connectivity index (χ1) is 19.4. The zero-order valence-electron chi connectivity index (χ0n) is 22.0. The minimum Gasteiger partial charge on any atom is -0.445 e. The summed E-state index contributed by atoms with van der Waals surface area (Å²) in [5.74, 6) is -1.17. The lowest BCUT2D eigenvalue weighted by atomic mass is 9.84. The zero-order chi connectivity index (χ0) is 28.5. The van der Waals surface area contributed by atoms with E-state index in [-0.39, 0.29) is 30.8 Å². The summed E-state index contributed by atoms with van der Waals surface area (Å²) in [5.41, 5.74) is 7.24. The summed E-state index contributed by atoms with van der Waals surface area (Å²) in [7, 11) is 0. The van der Waals surface area contributed by atoms with Gasteiger partial charge < -0.3 is 26.0 Å². The molecule has 0 bridgehead atoms. The van der Waals surface area contributed by atoms with Gasteiger partial charge in [-0.05, 0) is 36.1 Å². The van der Waals surface area contributed by atoms with Gasteiger partial charge in [-0.3, -0.25) is 15.0 Å². The number of carbonyl (C=O) groups excluding carboxylic acids is 3. The van der Waals surface area contributed by atoms with Crippen LogP contribution in [0.3, 0.4) is 0 Å². The van der Waals surface area contributed by atoms with Gasteiger partial charge >= 0.3 is 6.09 Å². The van der Waals surface area contributed by atoms with E-state index >= 15 is 0 Å². The molecular weight excluding hydrogens is 526 g/mol. The molecule has 5 N–H and O–H groups in total. The molecule has 40 heavy (non-hydrogen) atoms. The highest BCUT2D eigenvalue weighted by Crippen LogP contribution is 2.31. The standard InChI is InChI=1S/C30H33N5O4S/c1-2-18-39-30(38)34-26(25(20-10-5-3-6-11-20)21-12-7-4-8-13-21)29(37)35-17-9-14-23(35)28(36)33-19-22-15-16-24(40-22)27(31)32/h2-8,10-13,15-16,23,25-26H,1,9,14,17-19H2,(H3,31,32)(H,33,36)(H,34,38)/t23-,26+/m0/s1. The molecule has 2 aromatic carbocycles. The molecule has 10 heteroatoms. The Kier molecular flexibility index (Phi) is 9.69. The Morgan fingerprint density at radius 1 is 1.07 bits per heavy atom. The summed E-state index contributed by atoms with van der Waals surface area (Å²) in [5, 5.41) is 13.3. The van der Waals surface area contributed by atoms with Crippen molar-refractivity contribution in [1.29, 1.82) is 5.41 Å². The third-order valence-corrected chi connectivity index (χ3v) is 7.84. The summed E-state index contributed by atoms with van der Waals surface area (Å²) >= 11 is 1.34. The molecule has 2 heterocycles. The number of alkyl carbamates (subject to hydrolysis) is 1. The molecule has 9 nitrogen and oxygen atoms in total. The van der Waals surface area contributed by atoms with Crippen LogP contribution >= 0.6 is 11.3 Å². The number of likely N-dealkylation sites (tertiary alicyclic amines) is 1. The first kappa shape index (κ1) is 28.6. The van der Waals surface area contributed by atoms with Crippen molar-refractivity contribution in [2.45, 2.75) is 37.4 Å². The minimum atomic E-state index is -1.02. The van der Waals surface area contributed by atoms with Crippen molar-refractivity contribution in [3.05, 3.63) is 106 Å². The summed E-state index contributed by atoms with van der Waals surface area (Å²) in [4.78, 5) is 43.3. The molecule has 1 aromatic heterocycles. The van der Waals surface area contributed by atoms with Gasteiger partial charge in [-0.15, -0.1) is 11.3 Å². The van der Waals surface area contributed by atoms with Gasteiger partial charge in [0.2, 0.25) is 11.8 Å². The van der Waals surface area contributed by atoms with Crippen LogP contribution in [0.2, 0.25) is 0 Å². The molecule has 0 aliphatic carbocycles. The van der Waals surface area contributed by atoms with E-state index in [1.54, 1.807) is 11.0 Å². The number of nitrogen functional groups attached to an aromatic ring is 1. The molecule has 1 fully saturated rings. The quantitative estimate of drug-likeness (QED) is 0.161. The number of nitrogens with two attached hydrogens (primary N) is 1. The average molecular weight is 560 g/mol. The fourth-order valence-electron chi connectivity index (χ4n) is 4.88. The van der Waals surface area contributed by atoms with E-state index in [0.717, 1.165) is 16.0 Å². The molecule has 0 saturated carbocycles. The lowest BCUT2D eigenvalue weighted by molar-refractivity contribution is -0.140. The van der Waals surface area contributed by atoms with Crippen LogP contribution in [0.15, 0.2) is 85.5 Å². The Bertz CT molecular complexity index is 1300. The van der Waals surface area contributed by atoms with Gasteiger partial charge in [-0.1, -0.05) is 73.3 Å². The fourth-order valence-corrected chi connectivity index (χ4v) is 5.69. The van der Waals surface area contributed by atoms with Crippen LogP contribution in [0.1, 0.15) is 39.6 Å². The third-order valence-electron chi connectivity index (χ3n) is 6.72. The number of hydrogen-bond acceptors (Lipinski definition) is 6. The molecular formula is C30H33N5O4S. The van der Waals surface area contributed by atoms with Crippen LogP contribution < -0.4 is 16.4 Å². The molecule has 3 aromatic rings. The van der Waals surface area contributed by atoms with Crippen LogP contribution in [-0.4, -0.2) is 53.9 Å². The van der Waals surface area contributed by atoms with Crippen molar-refractivity contribution in [3.63, 3.8) is 0 Å². The maximum absolute atomic E-state index is 14.2. The number of amidine groups is 1. The van der Waals surface area contributed by atoms with E-state index in [1.165, 1.54) is 17.4 Å². The van der Waals surface area contributed by atoms with Gasteiger partial charge in [0.25, 0.3) is 0 Å². The SMILES string of the molecule is C=CCOC(=O)N[C@@H](C(=O)N1CCC[C@H]1C(=O)NCc1ccc(C(=N)N)s1)C(c1ccccc1)c1ccccc1. The van der Waals surface area contributed by atoms with Gasteiger partial charge in [0.15, 0.2) is 0 Å². The highest BCUT2D eigenvalue weighted by molar-refractivity contribution is 7.14. The third kappa shape index (κ3) is 6.95. The predicted molar refractivity (Wildman–Crippen MR) is 155 cm³/mol. The number of benzene rings is 2. The van der Waals surface area contributed by atoms with Crippen LogP contribution in [0.4, 0.5) is 4.79 Å². The number of thiophene rings is 1. The highest BCUT2D eigenvalue weighted by Gasteiger charge is 2.41. The normalized spacial score (nSPS) is 15.3. The first-order valence-corrected chi connectivity index (χ1v) is 13.9. The van der Waals surface area contributed by atoms with E-state index in [9.17, 15) is 14.4 Å². The van der Waals surface area contributed by atoms with Gasteiger partial charge in [0.05, 0.1) is 11.4 Å². The van der Waals surface area contributed by atoms with Crippen LogP contribution in [0.25, 0.3) is 0 Å². The number of nitrogens with zero attached hydrogens (tertiary/aromatic N) is 1. The molecule has 1 aliphatic heterocycles. The number of ether oxygens (including phenoxy) is 1. The molecule has 1 aliphatic rings. The summed E-state index contributed by atoms with van der Waals surface area (Å²) in [6.45, 7) is 4.23. The molecule has 1 saturated heterocycles. The Hall–Kier alpha value is -4.44. The van der Waals surface area contributed by atoms with Crippen molar-refractivity contribution >= 4 is 35.1 Å². The fraction of sp³-hybridized carbons (Fsp3) is 0.267. The number of nitrogens with one attached hydrogen (secondary N) is 3. The van der Waals surface area contributed by atoms with E-state index in [2.05, 4.69) is 17.2 Å². The van der Waals surface area contributed by atoms with Gasteiger partial charge in [0, 0.05) is 17.3 Å². The molecule has 4 rings (SSSR count). The second kappa shape index (κ2) is 13.6. The summed E-state index contributed by atoms with van der Waals surface area (Å²) in [6.07, 6.45) is 1.88. The van der Waals surface area contributed by atoms with E-state index < -0.39 is 24.1 Å². The number of amides is 3. The smallest absolute Gasteiger partial charge is 0.408 e. The second-order valence-corrected chi connectivity index (χ2v) is 10.6. The molecule has 0 unspecified atom stereocenters. The first-order valence-electron chi connectivity index (χ1n) is 13.0. The summed E-state index contributed by atoms with van der Waals surface area (Å²) in [6, 6.07) is 20.8. The van der Waals surface area contributed by atoms with Crippen LogP contribution in [0.5, 0.6) is 0 Å². The van der Waals surface area contributed by atoms with Crippen molar-refractivity contribution in [2.24, 2.45) is 5.73 Å². The zero-order valence-corrected chi connectivity index (χ0v) is 22.9. The lowest BCUT2D eigenvalue weighted by Crippen LogP contribution is -2.55. The largest absolute Gasteiger partial charge is 0.445 e. The maximum Gasteiger partial charge on any atom is 0.408 e.